The topological polar surface area (TPSA) is 42.2 Å². The number of ether oxygens (including phenoxy) is 2. The molecule has 1 rings (SSSR count). The molecule has 0 amide bonds. The lowest BCUT2D eigenvalue weighted by Gasteiger charge is -2.11. The van der Waals surface area contributed by atoms with Crippen LogP contribution in [-0.2, 0) is 6.42 Å². The maximum Gasteiger partial charge on any atom is 0.160 e. The summed E-state index contributed by atoms with van der Waals surface area (Å²) in [5, 5.41) is 8.54. The summed E-state index contributed by atoms with van der Waals surface area (Å²) in [6, 6.07) is 6.01. The summed E-state index contributed by atoms with van der Waals surface area (Å²) >= 11 is 0. The van der Waals surface area contributed by atoms with Crippen LogP contribution < -0.4 is 14.9 Å². The number of nitriles is 1. The zero-order valence-electron chi connectivity index (χ0n) is 9.33. The van der Waals surface area contributed by atoms with Gasteiger partial charge in [-0.3, -0.25) is 0 Å². The molecule has 1 aromatic rings. The minimum Gasteiger partial charge on any atom is -0.493 e. The van der Waals surface area contributed by atoms with Crippen LogP contribution in [0.3, 0.4) is 0 Å². The first kappa shape index (κ1) is 11.4. The van der Waals surface area contributed by atoms with Crippen LogP contribution in [0, 0.1) is 11.3 Å². The molecule has 4 heteroatoms. The molecule has 15 heavy (non-hydrogen) atoms. The Morgan fingerprint density at radius 2 is 1.87 bits per heavy atom. The Bertz CT molecular complexity index is 385. The molecule has 0 radical (unpaired) electrons. The summed E-state index contributed by atoms with van der Waals surface area (Å²) in [4.78, 5) is 0. The Morgan fingerprint density at radius 3 is 2.40 bits per heavy atom. The summed E-state index contributed by atoms with van der Waals surface area (Å²) in [6.45, 7) is 0. The fourth-order valence-corrected chi connectivity index (χ4v) is 1.48. The highest BCUT2D eigenvalue weighted by atomic mass is 16.5. The molecule has 0 aromatic heterocycles. The third-order valence-corrected chi connectivity index (χ3v) is 2.35. The molecule has 0 atom stereocenters. The van der Waals surface area contributed by atoms with Crippen molar-refractivity contribution in [1.82, 2.24) is 0 Å². The van der Waals surface area contributed by atoms with Crippen molar-refractivity contribution in [1.29, 1.82) is 5.26 Å². The molecule has 3 nitrogen and oxygen atoms in total. The van der Waals surface area contributed by atoms with Crippen molar-refractivity contribution in [2.45, 2.75) is 12.8 Å². The molecule has 0 fully saturated rings. The second kappa shape index (κ2) is 5.30. The van der Waals surface area contributed by atoms with Gasteiger partial charge in [-0.05, 0) is 24.1 Å². The molecule has 0 saturated heterocycles. The van der Waals surface area contributed by atoms with Gasteiger partial charge < -0.3 is 9.47 Å². The lowest BCUT2D eigenvalue weighted by Crippen LogP contribution is -2.11. The van der Waals surface area contributed by atoms with Crippen LogP contribution in [0.25, 0.3) is 0 Å². The van der Waals surface area contributed by atoms with Gasteiger partial charge in [0.1, 0.15) is 7.85 Å². The molecule has 1 aromatic carbocycles. The second-order valence-electron chi connectivity index (χ2n) is 3.29. The van der Waals surface area contributed by atoms with E-state index in [1.54, 1.807) is 14.2 Å². The monoisotopic (exact) mass is 203 g/mol. The van der Waals surface area contributed by atoms with Crippen LogP contribution in [-0.4, -0.2) is 22.1 Å². The zero-order valence-corrected chi connectivity index (χ0v) is 9.33. The summed E-state index contributed by atoms with van der Waals surface area (Å²) < 4.78 is 10.4. The molecule has 0 N–H and O–H groups in total. The minimum atomic E-state index is 0.524. The number of rotatable bonds is 4. The highest BCUT2D eigenvalue weighted by Crippen LogP contribution is 2.26. The van der Waals surface area contributed by atoms with Crippen molar-refractivity contribution in [3.8, 4) is 17.6 Å². The first-order chi connectivity index (χ1) is 7.22. The van der Waals surface area contributed by atoms with Crippen molar-refractivity contribution in [3.05, 3.63) is 17.7 Å². The number of methoxy groups -OCH3 is 2. The van der Waals surface area contributed by atoms with Gasteiger partial charge in [-0.15, -0.1) is 0 Å². The molecule has 0 saturated carbocycles. The lowest BCUT2D eigenvalue weighted by molar-refractivity contribution is 0.355. The maximum atomic E-state index is 8.54. The van der Waals surface area contributed by atoms with Gasteiger partial charge in [-0.25, -0.2) is 0 Å². The fourth-order valence-electron chi connectivity index (χ4n) is 1.48. The van der Waals surface area contributed by atoms with Crippen LogP contribution in [0.15, 0.2) is 12.1 Å². The molecule has 78 valence electrons. The summed E-state index contributed by atoms with van der Waals surface area (Å²) in [6.07, 6.45) is 1.28. The van der Waals surface area contributed by atoms with Crippen LogP contribution in [0.5, 0.6) is 11.5 Å². The first-order valence-corrected chi connectivity index (χ1v) is 4.81. The molecule has 0 aliphatic rings. The minimum absolute atomic E-state index is 0.524. The highest BCUT2D eigenvalue weighted by Gasteiger charge is 2.07. The van der Waals surface area contributed by atoms with Gasteiger partial charge in [0.05, 0.1) is 20.3 Å². The average Bonchev–Trinajstić information content (AvgIpc) is 2.27. The predicted octanol–water partition coefficient (Wildman–Crippen LogP) is 0.418. The van der Waals surface area contributed by atoms with Crippen molar-refractivity contribution in [2.75, 3.05) is 14.2 Å². The van der Waals surface area contributed by atoms with E-state index in [0.29, 0.717) is 6.42 Å². The molecular weight excluding hydrogens is 189 g/mol. The zero-order chi connectivity index (χ0) is 11.3. The number of benzene rings is 1. The van der Waals surface area contributed by atoms with Gasteiger partial charge >= 0.3 is 0 Å². The summed E-state index contributed by atoms with van der Waals surface area (Å²) in [5.41, 5.74) is 2.26. The Kier molecular flexibility index (Phi) is 4.05. The van der Waals surface area contributed by atoms with Gasteiger partial charge in [0.2, 0.25) is 0 Å². The van der Waals surface area contributed by atoms with Crippen LogP contribution in [0.4, 0.5) is 0 Å². The molecule has 0 heterocycles. The maximum absolute atomic E-state index is 8.54. The predicted molar refractivity (Wildman–Crippen MR) is 61.7 cm³/mol. The number of nitrogens with zero attached hydrogens (tertiary/aromatic N) is 1. The van der Waals surface area contributed by atoms with Crippen LogP contribution in [0.1, 0.15) is 12.0 Å². The molecular formula is C11H14BNO2. The largest absolute Gasteiger partial charge is 0.493 e. The van der Waals surface area contributed by atoms with Crippen molar-refractivity contribution in [2.24, 2.45) is 0 Å². The summed E-state index contributed by atoms with van der Waals surface area (Å²) in [5.74, 6) is 1.45. The van der Waals surface area contributed by atoms with Gasteiger partial charge in [0.15, 0.2) is 11.5 Å². The van der Waals surface area contributed by atoms with E-state index in [-0.39, 0.29) is 0 Å². The van der Waals surface area contributed by atoms with Gasteiger partial charge in [0.25, 0.3) is 0 Å². The molecule has 0 spiro atoms. The Balaban J connectivity index is 3.03. The van der Waals surface area contributed by atoms with E-state index in [1.165, 1.54) is 0 Å². The normalized spacial score (nSPS) is 9.40. The van der Waals surface area contributed by atoms with Crippen molar-refractivity contribution < 1.29 is 9.47 Å². The Labute approximate surface area is 91.0 Å². The lowest BCUT2D eigenvalue weighted by atomic mass is 9.88. The van der Waals surface area contributed by atoms with Crippen molar-refractivity contribution in [3.63, 3.8) is 0 Å². The second-order valence-corrected chi connectivity index (χ2v) is 3.29. The van der Waals surface area contributed by atoms with Crippen molar-refractivity contribution >= 4 is 13.3 Å². The number of hydrogen-bond donors (Lipinski definition) is 0. The summed E-state index contributed by atoms with van der Waals surface area (Å²) in [7, 11) is 5.24. The van der Waals surface area contributed by atoms with E-state index < -0.39 is 0 Å². The molecule has 0 aliphatic heterocycles. The molecule has 0 bridgehead atoms. The highest BCUT2D eigenvalue weighted by molar-refractivity contribution is 6.33. The third kappa shape index (κ3) is 2.66. The Morgan fingerprint density at radius 1 is 1.27 bits per heavy atom. The van der Waals surface area contributed by atoms with Gasteiger partial charge in [0, 0.05) is 6.42 Å². The van der Waals surface area contributed by atoms with E-state index in [4.69, 9.17) is 14.7 Å². The standard InChI is InChI=1S/C11H14BNO2/c1-14-10-6-8(4-3-5-13)9(12)7-11(10)15-2/h6-7H,3-4,12H2,1-2H3. The third-order valence-electron chi connectivity index (χ3n) is 2.35. The van der Waals surface area contributed by atoms with E-state index >= 15 is 0 Å². The van der Waals surface area contributed by atoms with Gasteiger partial charge in [-0.2, -0.15) is 5.26 Å². The van der Waals surface area contributed by atoms with Crippen LogP contribution in [0.2, 0.25) is 0 Å². The van der Waals surface area contributed by atoms with E-state index in [1.807, 2.05) is 20.0 Å². The number of aryl methyl sites for hydroxylation is 1. The SMILES string of the molecule is Bc1cc(OC)c(OC)cc1CCC#N. The first-order valence-electron chi connectivity index (χ1n) is 4.81. The van der Waals surface area contributed by atoms with E-state index in [0.717, 1.165) is 28.9 Å². The van der Waals surface area contributed by atoms with Gasteiger partial charge in [-0.1, -0.05) is 5.46 Å². The van der Waals surface area contributed by atoms with E-state index in [9.17, 15) is 0 Å². The Hall–Kier alpha value is -1.63. The number of hydrogen-bond acceptors (Lipinski definition) is 3. The fraction of sp³-hybridized carbons (Fsp3) is 0.364. The smallest absolute Gasteiger partial charge is 0.160 e. The quantitative estimate of drug-likeness (QED) is 0.666. The molecule has 0 aliphatic carbocycles. The van der Waals surface area contributed by atoms with Crippen LogP contribution >= 0.6 is 0 Å². The van der Waals surface area contributed by atoms with E-state index in [2.05, 4.69) is 6.07 Å². The molecule has 0 unspecified atom stereocenters. The average molecular weight is 203 g/mol.